The van der Waals surface area contributed by atoms with Gasteiger partial charge in [-0.15, -0.1) is 17.9 Å². The maximum atomic E-state index is 13.3. The Labute approximate surface area is 167 Å². The molecule has 140 valence electrons. The first kappa shape index (κ1) is 18.3. The van der Waals surface area contributed by atoms with E-state index in [1.54, 1.807) is 18.2 Å². The Hall–Kier alpha value is -2.09. The van der Waals surface area contributed by atoms with Crippen LogP contribution in [0.3, 0.4) is 0 Å². The third kappa shape index (κ3) is 3.42. The van der Waals surface area contributed by atoms with Gasteiger partial charge in [0.2, 0.25) is 0 Å². The number of thiophene rings is 1. The third-order valence-electron chi connectivity index (χ3n) is 5.06. The normalized spacial score (nSPS) is 17.0. The first-order valence-corrected chi connectivity index (χ1v) is 10.2. The quantitative estimate of drug-likeness (QED) is 0.443. The zero-order valence-electron chi connectivity index (χ0n) is 15.1. The summed E-state index contributed by atoms with van der Waals surface area (Å²) in [6.07, 6.45) is 2.86. The smallest absolute Gasteiger partial charge is 0.199 e. The number of allylic oxidation sites excluding steroid dienone is 1. The van der Waals surface area contributed by atoms with E-state index in [4.69, 9.17) is 17.3 Å². The van der Waals surface area contributed by atoms with E-state index in [1.807, 2.05) is 20.6 Å². The molecule has 7 heteroatoms. The van der Waals surface area contributed by atoms with Crippen LogP contribution in [0.1, 0.15) is 23.4 Å². The largest absolute Gasteiger partial charge is 0.296 e. The van der Waals surface area contributed by atoms with Crippen molar-refractivity contribution < 1.29 is 4.39 Å². The molecule has 27 heavy (non-hydrogen) atoms. The number of fused-ring (bicyclic) bond motifs is 1. The molecule has 1 aromatic carbocycles. The summed E-state index contributed by atoms with van der Waals surface area (Å²) in [5, 5.41) is 6.94. The van der Waals surface area contributed by atoms with Crippen LogP contribution in [0.5, 0.6) is 0 Å². The SMILES string of the molecule is C=CCn1c(-c2ccc(F)cc2)nn(CN2CCc3sccc3[C@H]2C)c1=S. The first-order valence-electron chi connectivity index (χ1n) is 8.93. The molecule has 3 heterocycles. The van der Waals surface area contributed by atoms with E-state index in [9.17, 15) is 4.39 Å². The second kappa shape index (κ2) is 7.50. The van der Waals surface area contributed by atoms with E-state index in [1.165, 1.54) is 22.6 Å². The Morgan fingerprint density at radius 2 is 2.11 bits per heavy atom. The Kier molecular flexibility index (Phi) is 5.08. The Bertz CT molecular complexity index is 1020. The van der Waals surface area contributed by atoms with Crippen LogP contribution < -0.4 is 0 Å². The predicted molar refractivity (Wildman–Crippen MR) is 110 cm³/mol. The molecule has 0 aliphatic carbocycles. The van der Waals surface area contributed by atoms with Crippen LogP contribution in [-0.2, 0) is 19.6 Å². The second-order valence-corrected chi connectivity index (χ2v) is 8.06. The lowest BCUT2D eigenvalue weighted by Gasteiger charge is -2.33. The summed E-state index contributed by atoms with van der Waals surface area (Å²) in [7, 11) is 0. The average Bonchev–Trinajstić information content (AvgIpc) is 3.26. The van der Waals surface area contributed by atoms with Crippen molar-refractivity contribution in [2.45, 2.75) is 32.6 Å². The number of aromatic nitrogens is 3. The van der Waals surface area contributed by atoms with Crippen LogP contribution in [0.15, 0.2) is 48.4 Å². The third-order valence-corrected chi connectivity index (χ3v) is 6.48. The number of hydrogen-bond donors (Lipinski definition) is 0. The monoisotopic (exact) mass is 400 g/mol. The van der Waals surface area contributed by atoms with Crippen LogP contribution in [-0.4, -0.2) is 25.8 Å². The van der Waals surface area contributed by atoms with Gasteiger partial charge < -0.3 is 0 Å². The summed E-state index contributed by atoms with van der Waals surface area (Å²) < 4.78 is 17.8. The molecule has 1 aliphatic heterocycles. The lowest BCUT2D eigenvalue weighted by Crippen LogP contribution is -2.35. The van der Waals surface area contributed by atoms with Crippen LogP contribution in [0, 0.1) is 10.6 Å². The van der Waals surface area contributed by atoms with E-state index in [0.717, 1.165) is 24.4 Å². The average molecular weight is 401 g/mol. The molecule has 3 aromatic rings. The highest BCUT2D eigenvalue weighted by Crippen LogP contribution is 2.33. The number of rotatable bonds is 5. The number of nitrogens with zero attached hydrogens (tertiary/aromatic N) is 4. The molecule has 1 atom stereocenters. The van der Waals surface area contributed by atoms with E-state index in [-0.39, 0.29) is 5.82 Å². The summed E-state index contributed by atoms with van der Waals surface area (Å²) in [5.41, 5.74) is 2.25. The van der Waals surface area contributed by atoms with Crippen molar-refractivity contribution in [2.24, 2.45) is 0 Å². The van der Waals surface area contributed by atoms with Crippen molar-refractivity contribution in [3.8, 4) is 11.4 Å². The fourth-order valence-corrected chi connectivity index (χ4v) is 4.79. The van der Waals surface area contributed by atoms with Crippen molar-refractivity contribution in [3.05, 3.63) is 69.4 Å². The fraction of sp³-hybridized carbons (Fsp3) is 0.300. The lowest BCUT2D eigenvalue weighted by molar-refractivity contribution is 0.144. The van der Waals surface area contributed by atoms with Gasteiger partial charge in [-0.2, -0.15) is 5.10 Å². The van der Waals surface area contributed by atoms with Crippen LogP contribution in [0.2, 0.25) is 0 Å². The van der Waals surface area contributed by atoms with Gasteiger partial charge in [0, 0.05) is 29.6 Å². The molecule has 0 saturated heterocycles. The summed E-state index contributed by atoms with van der Waals surface area (Å²) in [5.74, 6) is 0.474. The molecule has 4 rings (SSSR count). The van der Waals surface area contributed by atoms with Crippen molar-refractivity contribution in [3.63, 3.8) is 0 Å². The molecule has 0 fully saturated rings. The van der Waals surface area contributed by atoms with Crippen molar-refractivity contribution in [1.82, 2.24) is 19.2 Å². The Morgan fingerprint density at radius 1 is 1.33 bits per heavy atom. The van der Waals surface area contributed by atoms with Crippen LogP contribution in [0.4, 0.5) is 4.39 Å². The Balaban J connectivity index is 1.67. The fourth-order valence-electron chi connectivity index (χ4n) is 3.57. The van der Waals surface area contributed by atoms with Crippen LogP contribution >= 0.6 is 23.6 Å². The minimum atomic E-state index is -0.263. The molecule has 2 aromatic heterocycles. The molecule has 0 unspecified atom stereocenters. The molecule has 0 bridgehead atoms. The van der Waals surface area contributed by atoms with Gasteiger partial charge in [0.25, 0.3) is 0 Å². The molecule has 0 radical (unpaired) electrons. The molecule has 0 amide bonds. The molecular weight excluding hydrogens is 379 g/mol. The highest BCUT2D eigenvalue weighted by molar-refractivity contribution is 7.71. The predicted octanol–water partition coefficient (Wildman–Crippen LogP) is 5.04. The second-order valence-electron chi connectivity index (χ2n) is 6.69. The van der Waals surface area contributed by atoms with Gasteiger partial charge in [0.1, 0.15) is 5.82 Å². The number of hydrogen-bond acceptors (Lipinski definition) is 4. The zero-order chi connectivity index (χ0) is 19.0. The van der Waals surface area contributed by atoms with E-state index < -0.39 is 0 Å². The topological polar surface area (TPSA) is 26.0 Å². The first-order chi connectivity index (χ1) is 13.1. The molecule has 1 aliphatic rings. The van der Waals surface area contributed by atoms with Crippen molar-refractivity contribution in [1.29, 1.82) is 0 Å². The van der Waals surface area contributed by atoms with E-state index in [0.29, 0.717) is 24.0 Å². The summed E-state index contributed by atoms with van der Waals surface area (Å²) in [4.78, 5) is 3.87. The highest BCUT2D eigenvalue weighted by atomic mass is 32.1. The molecule has 4 nitrogen and oxygen atoms in total. The maximum Gasteiger partial charge on any atom is 0.199 e. The standard InChI is InChI=1S/C20H21FN4S2/c1-3-10-24-19(15-4-6-16(21)7-5-15)22-25(20(24)26)13-23-11-8-18-17(14(23)2)9-12-27-18/h3-7,9,12,14H,1,8,10-11,13H2,2H3/t14-/m1/s1. The van der Waals surface area contributed by atoms with Gasteiger partial charge in [0.15, 0.2) is 10.6 Å². The Morgan fingerprint density at radius 3 is 2.85 bits per heavy atom. The number of benzene rings is 1. The minimum absolute atomic E-state index is 0.263. The maximum absolute atomic E-state index is 13.3. The molecular formula is C20H21FN4S2. The molecule has 0 N–H and O–H groups in total. The summed E-state index contributed by atoms with van der Waals surface area (Å²) in [6.45, 7) is 8.24. The van der Waals surface area contributed by atoms with E-state index >= 15 is 0 Å². The minimum Gasteiger partial charge on any atom is -0.296 e. The molecule has 0 saturated carbocycles. The van der Waals surface area contributed by atoms with E-state index in [2.05, 4.69) is 29.8 Å². The van der Waals surface area contributed by atoms with Gasteiger partial charge >= 0.3 is 0 Å². The van der Waals surface area contributed by atoms with Gasteiger partial charge in [-0.05, 0) is 66.8 Å². The van der Waals surface area contributed by atoms with Gasteiger partial charge in [-0.25, -0.2) is 9.07 Å². The van der Waals surface area contributed by atoms with Gasteiger partial charge in [-0.1, -0.05) is 6.08 Å². The molecule has 0 spiro atoms. The highest BCUT2D eigenvalue weighted by Gasteiger charge is 2.25. The number of halogens is 1. The van der Waals surface area contributed by atoms with Crippen LogP contribution in [0.25, 0.3) is 11.4 Å². The lowest BCUT2D eigenvalue weighted by atomic mass is 10.0. The summed E-state index contributed by atoms with van der Waals surface area (Å²) >= 11 is 7.53. The summed E-state index contributed by atoms with van der Waals surface area (Å²) in [6, 6.07) is 8.91. The zero-order valence-corrected chi connectivity index (χ0v) is 16.8. The van der Waals surface area contributed by atoms with Crippen molar-refractivity contribution >= 4 is 23.6 Å². The van der Waals surface area contributed by atoms with Gasteiger partial charge in [-0.3, -0.25) is 9.47 Å². The van der Waals surface area contributed by atoms with Crippen molar-refractivity contribution in [2.75, 3.05) is 6.54 Å². The van der Waals surface area contributed by atoms with Gasteiger partial charge in [0.05, 0.1) is 6.67 Å².